The highest BCUT2D eigenvalue weighted by Gasteiger charge is 2.38. The fourth-order valence-corrected chi connectivity index (χ4v) is 4.14. The highest BCUT2D eigenvalue weighted by molar-refractivity contribution is 5.93. The van der Waals surface area contributed by atoms with E-state index in [0.29, 0.717) is 30.1 Å². The minimum Gasteiger partial charge on any atom is -0.507 e. The molecule has 2 aliphatic heterocycles. The third kappa shape index (κ3) is 3.60. The lowest BCUT2D eigenvalue weighted by Gasteiger charge is -2.40. The number of phenolic OH excluding ortho intramolecular Hbond substituents is 1. The quantitative estimate of drug-likeness (QED) is 0.834. The van der Waals surface area contributed by atoms with Crippen LogP contribution in [0.3, 0.4) is 0 Å². The van der Waals surface area contributed by atoms with Crippen molar-refractivity contribution in [3.8, 4) is 11.5 Å². The molecule has 6 heteroatoms. The maximum atomic E-state index is 12.6. The van der Waals surface area contributed by atoms with Crippen molar-refractivity contribution in [3.05, 3.63) is 59.4 Å². The Morgan fingerprint density at radius 3 is 2.62 bits per heavy atom. The van der Waals surface area contributed by atoms with Crippen molar-refractivity contribution in [1.82, 2.24) is 15.2 Å². The van der Waals surface area contributed by atoms with Crippen molar-refractivity contribution < 1.29 is 14.6 Å². The van der Waals surface area contributed by atoms with E-state index in [1.807, 2.05) is 26.0 Å². The van der Waals surface area contributed by atoms with Crippen LogP contribution in [-0.4, -0.2) is 52.7 Å². The number of nitrogens with one attached hydrogen (secondary N) is 1. The Balaban J connectivity index is 1.74. The van der Waals surface area contributed by atoms with E-state index in [1.54, 1.807) is 29.3 Å². The molecule has 0 saturated carbocycles. The van der Waals surface area contributed by atoms with E-state index in [-0.39, 0.29) is 11.7 Å². The Bertz CT molecular complexity index is 927. The number of amides is 1. The van der Waals surface area contributed by atoms with Crippen LogP contribution < -0.4 is 10.1 Å². The van der Waals surface area contributed by atoms with E-state index >= 15 is 0 Å². The summed E-state index contributed by atoms with van der Waals surface area (Å²) in [5.41, 5.74) is 2.49. The molecule has 6 nitrogen and oxygen atoms in total. The zero-order valence-corrected chi connectivity index (χ0v) is 16.9. The number of phenols is 1. The number of carbonyl (C=O) groups excluding carboxylic acids is 1. The number of rotatable bonds is 4. The van der Waals surface area contributed by atoms with Crippen molar-refractivity contribution in [2.75, 3.05) is 26.2 Å². The third-order valence-electron chi connectivity index (χ3n) is 5.79. The van der Waals surface area contributed by atoms with Crippen LogP contribution >= 0.6 is 0 Å². The molecular formula is C23H27N3O3. The van der Waals surface area contributed by atoms with Crippen molar-refractivity contribution in [2.24, 2.45) is 0 Å². The summed E-state index contributed by atoms with van der Waals surface area (Å²) >= 11 is 0. The van der Waals surface area contributed by atoms with Crippen molar-refractivity contribution in [1.29, 1.82) is 0 Å². The van der Waals surface area contributed by atoms with Gasteiger partial charge in [-0.1, -0.05) is 12.1 Å². The van der Waals surface area contributed by atoms with Crippen molar-refractivity contribution in [2.45, 2.75) is 32.3 Å². The number of carbonyl (C=O) groups is 1. The van der Waals surface area contributed by atoms with Gasteiger partial charge in [0.25, 0.3) is 5.91 Å². The first-order chi connectivity index (χ1) is 14.1. The maximum Gasteiger partial charge on any atom is 0.272 e. The molecule has 0 atom stereocenters. The van der Waals surface area contributed by atoms with Crippen LogP contribution in [0.15, 0.2) is 42.6 Å². The lowest BCUT2D eigenvalue weighted by molar-refractivity contribution is 0.0766. The summed E-state index contributed by atoms with van der Waals surface area (Å²) in [5.74, 6) is 0.800. The zero-order valence-electron chi connectivity index (χ0n) is 16.9. The largest absolute Gasteiger partial charge is 0.507 e. The predicted octanol–water partition coefficient (Wildman–Crippen LogP) is 3.22. The second kappa shape index (κ2) is 7.87. The summed E-state index contributed by atoms with van der Waals surface area (Å²) in [7, 11) is 0. The molecule has 1 saturated heterocycles. The Morgan fingerprint density at radius 2 is 1.97 bits per heavy atom. The third-order valence-corrected chi connectivity index (χ3v) is 5.79. The Kier molecular flexibility index (Phi) is 5.28. The lowest BCUT2D eigenvalue weighted by Crippen LogP contribution is -2.46. The first-order valence-corrected chi connectivity index (χ1v) is 10.3. The highest BCUT2D eigenvalue weighted by Crippen LogP contribution is 2.46. The number of hydrogen-bond acceptors (Lipinski definition) is 5. The van der Waals surface area contributed by atoms with E-state index in [1.165, 1.54) is 0 Å². The monoisotopic (exact) mass is 393 g/mol. The first kappa shape index (κ1) is 19.5. The molecule has 4 rings (SSSR count). The molecule has 0 radical (unpaired) electrons. The summed E-state index contributed by atoms with van der Waals surface area (Å²) < 4.78 is 6.36. The van der Waals surface area contributed by atoms with E-state index < -0.39 is 5.60 Å². The molecule has 1 fully saturated rings. The standard InChI is InChI=1S/C23H27N3O3/c1-3-26(4-2)22(28)18-9-8-16(15-25-18)17-14-23(10-12-24-13-11-23)29-20-7-5-6-19(27)21(17)20/h5-9,14-15,24,27H,3-4,10-13H2,1-2H3. The maximum absolute atomic E-state index is 12.6. The molecule has 3 heterocycles. The van der Waals surface area contributed by atoms with Crippen molar-refractivity contribution >= 4 is 11.5 Å². The molecule has 1 spiro atoms. The smallest absolute Gasteiger partial charge is 0.272 e. The average molecular weight is 393 g/mol. The molecule has 2 aliphatic rings. The van der Waals surface area contributed by atoms with Crippen LogP contribution in [0.5, 0.6) is 11.5 Å². The van der Waals surface area contributed by atoms with E-state index in [2.05, 4.69) is 16.4 Å². The number of aromatic hydroxyl groups is 1. The number of piperidine rings is 1. The van der Waals surface area contributed by atoms with Gasteiger partial charge in [-0.25, -0.2) is 0 Å². The molecule has 1 amide bonds. The Labute approximate surface area is 171 Å². The fourth-order valence-electron chi connectivity index (χ4n) is 4.14. The Hall–Kier alpha value is -2.86. The molecule has 152 valence electrons. The van der Waals surface area contributed by atoms with Crippen LogP contribution in [0.25, 0.3) is 5.57 Å². The second-order valence-electron chi connectivity index (χ2n) is 7.53. The number of hydrogen-bond donors (Lipinski definition) is 2. The first-order valence-electron chi connectivity index (χ1n) is 10.3. The van der Waals surface area contributed by atoms with Gasteiger partial charge in [0.15, 0.2) is 0 Å². The number of pyridine rings is 1. The van der Waals surface area contributed by atoms with E-state index in [0.717, 1.165) is 37.1 Å². The number of ether oxygens (including phenoxy) is 1. The van der Waals surface area contributed by atoms with Gasteiger partial charge in [0.1, 0.15) is 22.8 Å². The lowest BCUT2D eigenvalue weighted by atomic mass is 9.83. The van der Waals surface area contributed by atoms with Gasteiger partial charge in [-0.15, -0.1) is 0 Å². The fraction of sp³-hybridized carbons (Fsp3) is 0.391. The van der Waals surface area contributed by atoms with Gasteiger partial charge in [0.05, 0.1) is 5.56 Å². The van der Waals surface area contributed by atoms with Gasteiger partial charge in [0, 0.05) is 37.7 Å². The SMILES string of the molecule is CCN(CC)C(=O)c1ccc(C2=CC3(CCNCC3)Oc3cccc(O)c32)cn1. The number of fused-ring (bicyclic) bond motifs is 1. The average Bonchev–Trinajstić information content (AvgIpc) is 2.74. The molecule has 0 unspecified atom stereocenters. The number of nitrogens with zero attached hydrogens (tertiary/aromatic N) is 2. The number of aromatic nitrogens is 1. The van der Waals surface area contributed by atoms with E-state index in [9.17, 15) is 9.90 Å². The van der Waals surface area contributed by atoms with Gasteiger partial charge in [-0.05, 0) is 56.8 Å². The van der Waals surface area contributed by atoms with Crippen LogP contribution in [0.2, 0.25) is 0 Å². The van der Waals surface area contributed by atoms with Gasteiger partial charge >= 0.3 is 0 Å². The summed E-state index contributed by atoms with van der Waals surface area (Å²) in [4.78, 5) is 18.8. The van der Waals surface area contributed by atoms with Crippen LogP contribution in [0.1, 0.15) is 48.3 Å². The predicted molar refractivity (Wildman–Crippen MR) is 112 cm³/mol. The minimum absolute atomic E-state index is 0.0689. The summed E-state index contributed by atoms with van der Waals surface area (Å²) in [6, 6.07) is 9.04. The normalized spacial score (nSPS) is 17.2. The van der Waals surface area contributed by atoms with Gasteiger partial charge in [0.2, 0.25) is 0 Å². The molecule has 0 aliphatic carbocycles. The van der Waals surface area contributed by atoms with Crippen LogP contribution in [0, 0.1) is 0 Å². The topological polar surface area (TPSA) is 74.7 Å². The van der Waals surface area contributed by atoms with Crippen molar-refractivity contribution in [3.63, 3.8) is 0 Å². The molecule has 1 aromatic carbocycles. The minimum atomic E-state index is -0.392. The van der Waals surface area contributed by atoms with E-state index in [4.69, 9.17) is 4.74 Å². The summed E-state index contributed by atoms with van der Waals surface area (Å²) in [6.45, 7) is 6.99. The molecule has 2 aromatic rings. The van der Waals surface area contributed by atoms with Gasteiger partial charge in [-0.2, -0.15) is 0 Å². The summed E-state index contributed by atoms with van der Waals surface area (Å²) in [5, 5.41) is 13.9. The highest BCUT2D eigenvalue weighted by atomic mass is 16.5. The molecule has 29 heavy (non-hydrogen) atoms. The van der Waals surface area contributed by atoms with Crippen LogP contribution in [0.4, 0.5) is 0 Å². The number of benzene rings is 1. The molecule has 2 N–H and O–H groups in total. The molecular weight excluding hydrogens is 366 g/mol. The molecule has 1 aromatic heterocycles. The van der Waals surface area contributed by atoms with Gasteiger partial charge in [-0.3, -0.25) is 9.78 Å². The zero-order chi connectivity index (χ0) is 20.4. The summed E-state index contributed by atoms with van der Waals surface area (Å²) in [6.07, 6.45) is 5.56. The van der Waals surface area contributed by atoms with Crippen LogP contribution in [-0.2, 0) is 0 Å². The van der Waals surface area contributed by atoms with Gasteiger partial charge < -0.3 is 20.1 Å². The second-order valence-corrected chi connectivity index (χ2v) is 7.53. The Morgan fingerprint density at radius 1 is 1.21 bits per heavy atom. The molecule has 0 bridgehead atoms.